The van der Waals surface area contributed by atoms with Crippen molar-refractivity contribution in [1.29, 1.82) is 0 Å². The van der Waals surface area contributed by atoms with E-state index in [0.717, 1.165) is 16.8 Å². The molecule has 0 aliphatic carbocycles. The Morgan fingerprint density at radius 1 is 1.16 bits per heavy atom. The maximum atomic E-state index is 11.9. The quantitative estimate of drug-likeness (QED) is 0.669. The summed E-state index contributed by atoms with van der Waals surface area (Å²) in [5.41, 5.74) is 4.00. The molecule has 3 rings (SSSR count). The van der Waals surface area contributed by atoms with E-state index in [0.29, 0.717) is 31.9 Å². The summed E-state index contributed by atoms with van der Waals surface area (Å²) in [5.74, 6) is 1.37. The molecule has 5 nitrogen and oxygen atoms in total. The first-order valence-corrected chi connectivity index (χ1v) is 8.43. The van der Waals surface area contributed by atoms with Gasteiger partial charge in [-0.3, -0.25) is 4.79 Å². The molecule has 0 atom stereocenters. The molecular formula is C20H22N2O3. The number of ether oxygens (including phenoxy) is 1. The number of hydrogen-bond donors (Lipinski definition) is 1. The van der Waals surface area contributed by atoms with Crippen LogP contribution in [0.5, 0.6) is 5.75 Å². The lowest BCUT2D eigenvalue weighted by Gasteiger charge is -2.09. The van der Waals surface area contributed by atoms with Crippen molar-refractivity contribution in [3.05, 3.63) is 59.5 Å². The molecule has 0 saturated heterocycles. The third-order valence-corrected chi connectivity index (χ3v) is 4.08. The summed E-state index contributed by atoms with van der Waals surface area (Å²) < 4.78 is 11.3. The van der Waals surface area contributed by atoms with Crippen LogP contribution in [0.25, 0.3) is 11.1 Å². The third kappa shape index (κ3) is 4.59. The lowest BCUT2D eigenvalue weighted by Crippen LogP contribution is -2.28. The van der Waals surface area contributed by atoms with Gasteiger partial charge in [0.25, 0.3) is 0 Å². The highest BCUT2D eigenvalue weighted by atomic mass is 16.5. The van der Waals surface area contributed by atoms with Gasteiger partial charge in [0, 0.05) is 12.8 Å². The van der Waals surface area contributed by atoms with Gasteiger partial charge in [-0.05, 0) is 49.2 Å². The van der Waals surface area contributed by atoms with Crippen LogP contribution in [0.4, 0.5) is 0 Å². The molecule has 0 saturated carbocycles. The van der Waals surface area contributed by atoms with E-state index in [4.69, 9.17) is 9.15 Å². The monoisotopic (exact) mass is 338 g/mol. The van der Waals surface area contributed by atoms with Crippen LogP contribution in [0, 0.1) is 13.8 Å². The molecule has 0 bridgehead atoms. The second kappa shape index (κ2) is 7.83. The molecule has 25 heavy (non-hydrogen) atoms. The fraction of sp³-hybridized carbons (Fsp3) is 0.300. The van der Waals surface area contributed by atoms with Crippen LogP contribution < -0.4 is 10.1 Å². The first-order chi connectivity index (χ1) is 12.1. The molecule has 3 aromatic rings. The minimum Gasteiger partial charge on any atom is -0.492 e. The van der Waals surface area contributed by atoms with Gasteiger partial charge in [0.2, 0.25) is 5.91 Å². The highest BCUT2D eigenvalue weighted by molar-refractivity contribution is 5.76. The van der Waals surface area contributed by atoms with Gasteiger partial charge in [-0.2, -0.15) is 0 Å². The van der Waals surface area contributed by atoms with E-state index in [9.17, 15) is 4.79 Å². The lowest BCUT2D eigenvalue weighted by molar-refractivity contribution is -0.121. The molecule has 0 fully saturated rings. The Morgan fingerprint density at radius 3 is 2.80 bits per heavy atom. The Kier molecular flexibility index (Phi) is 5.33. The van der Waals surface area contributed by atoms with E-state index in [1.165, 1.54) is 11.1 Å². The van der Waals surface area contributed by atoms with Gasteiger partial charge in [0.1, 0.15) is 17.9 Å². The van der Waals surface area contributed by atoms with Gasteiger partial charge >= 0.3 is 0 Å². The van der Waals surface area contributed by atoms with E-state index in [2.05, 4.69) is 24.1 Å². The molecule has 130 valence electrons. The Morgan fingerprint density at radius 2 is 2.00 bits per heavy atom. The Bertz CT molecular complexity index is 837. The van der Waals surface area contributed by atoms with E-state index in [1.54, 1.807) is 0 Å². The number of hydrogen-bond acceptors (Lipinski definition) is 4. The van der Waals surface area contributed by atoms with Gasteiger partial charge < -0.3 is 14.5 Å². The van der Waals surface area contributed by atoms with Gasteiger partial charge in [0.05, 0.1) is 6.54 Å². The van der Waals surface area contributed by atoms with Crippen molar-refractivity contribution in [2.75, 3.05) is 13.2 Å². The topological polar surface area (TPSA) is 64.4 Å². The number of amides is 1. The number of carbonyl (C=O) groups is 1. The fourth-order valence-corrected chi connectivity index (χ4v) is 2.50. The number of carbonyl (C=O) groups excluding carboxylic acids is 1. The molecule has 1 N–H and O–H groups in total. The van der Waals surface area contributed by atoms with Gasteiger partial charge in [-0.15, -0.1) is 0 Å². The van der Waals surface area contributed by atoms with Crippen molar-refractivity contribution in [3.63, 3.8) is 0 Å². The molecule has 0 radical (unpaired) electrons. The molecule has 0 aliphatic heterocycles. The molecule has 1 aromatic heterocycles. The van der Waals surface area contributed by atoms with E-state index >= 15 is 0 Å². The predicted octanol–water partition coefficient (Wildman–Crippen LogP) is 3.57. The maximum Gasteiger partial charge on any atom is 0.220 e. The van der Waals surface area contributed by atoms with Crippen LogP contribution in [0.2, 0.25) is 0 Å². The van der Waals surface area contributed by atoms with Crippen LogP contribution in [0.3, 0.4) is 0 Å². The van der Waals surface area contributed by atoms with Crippen LogP contribution in [0.1, 0.15) is 23.4 Å². The van der Waals surface area contributed by atoms with Crippen molar-refractivity contribution >= 4 is 17.0 Å². The van der Waals surface area contributed by atoms with Crippen molar-refractivity contribution < 1.29 is 13.9 Å². The highest BCUT2D eigenvalue weighted by Crippen LogP contribution is 2.16. The normalized spacial score (nSPS) is 10.8. The van der Waals surface area contributed by atoms with Crippen molar-refractivity contribution in [1.82, 2.24) is 10.3 Å². The minimum atomic E-state index is -0.0362. The summed E-state index contributed by atoms with van der Waals surface area (Å²) in [7, 11) is 0. The minimum absolute atomic E-state index is 0.0362. The fourth-order valence-electron chi connectivity index (χ4n) is 2.50. The number of nitrogens with one attached hydrogen (secondary N) is 1. The van der Waals surface area contributed by atoms with E-state index < -0.39 is 0 Å². The Hall–Kier alpha value is -2.82. The molecule has 0 unspecified atom stereocenters. The summed E-state index contributed by atoms with van der Waals surface area (Å²) in [6, 6.07) is 13.6. The standard InChI is InChI=1S/C20H22N2O3/c1-14-7-8-16(13-15(14)2)24-12-11-21-19(23)9-10-20-22-17-5-3-4-6-18(17)25-20/h3-8,13H,9-12H2,1-2H3,(H,21,23). The Balaban J connectivity index is 1.38. The van der Waals surface area contributed by atoms with Gasteiger partial charge in [0.15, 0.2) is 11.5 Å². The molecule has 0 aliphatic rings. The second-order valence-corrected chi connectivity index (χ2v) is 6.02. The SMILES string of the molecule is Cc1ccc(OCCNC(=O)CCc2nc3ccccc3o2)cc1C. The summed E-state index contributed by atoms with van der Waals surface area (Å²) in [6.45, 7) is 5.03. The van der Waals surface area contributed by atoms with Crippen LogP contribution in [0.15, 0.2) is 46.9 Å². The molecule has 1 heterocycles. The van der Waals surface area contributed by atoms with Crippen molar-refractivity contribution in [2.24, 2.45) is 0 Å². The van der Waals surface area contributed by atoms with Gasteiger partial charge in [-0.1, -0.05) is 18.2 Å². The third-order valence-electron chi connectivity index (χ3n) is 4.08. The average Bonchev–Trinajstić information content (AvgIpc) is 3.03. The summed E-state index contributed by atoms with van der Waals surface area (Å²) in [5, 5.41) is 2.85. The zero-order chi connectivity index (χ0) is 17.6. The largest absolute Gasteiger partial charge is 0.492 e. The summed E-state index contributed by atoms with van der Waals surface area (Å²) >= 11 is 0. The predicted molar refractivity (Wildman–Crippen MR) is 96.8 cm³/mol. The van der Waals surface area contributed by atoms with Crippen molar-refractivity contribution in [2.45, 2.75) is 26.7 Å². The number of fused-ring (bicyclic) bond motifs is 1. The number of rotatable bonds is 7. The number of nitrogens with zero attached hydrogens (tertiary/aromatic N) is 1. The maximum absolute atomic E-state index is 11.9. The molecule has 1 amide bonds. The number of benzene rings is 2. The molecule has 2 aromatic carbocycles. The average molecular weight is 338 g/mol. The Labute approximate surface area is 147 Å². The zero-order valence-corrected chi connectivity index (χ0v) is 14.5. The van der Waals surface area contributed by atoms with Crippen molar-refractivity contribution in [3.8, 4) is 5.75 Å². The smallest absolute Gasteiger partial charge is 0.220 e. The second-order valence-electron chi connectivity index (χ2n) is 6.02. The first kappa shape index (κ1) is 17.0. The number of aromatic nitrogens is 1. The van der Waals surface area contributed by atoms with E-state index in [-0.39, 0.29) is 5.91 Å². The molecule has 5 heteroatoms. The number of para-hydroxylation sites is 2. The summed E-state index contributed by atoms with van der Waals surface area (Å²) in [4.78, 5) is 16.3. The van der Waals surface area contributed by atoms with Gasteiger partial charge in [-0.25, -0.2) is 4.98 Å². The first-order valence-electron chi connectivity index (χ1n) is 8.43. The summed E-state index contributed by atoms with van der Waals surface area (Å²) in [6.07, 6.45) is 0.828. The molecule has 0 spiro atoms. The number of aryl methyl sites for hydroxylation is 3. The van der Waals surface area contributed by atoms with Crippen LogP contribution in [-0.2, 0) is 11.2 Å². The van der Waals surface area contributed by atoms with Crippen LogP contribution >= 0.6 is 0 Å². The lowest BCUT2D eigenvalue weighted by atomic mass is 10.1. The van der Waals surface area contributed by atoms with E-state index in [1.807, 2.05) is 42.5 Å². The zero-order valence-electron chi connectivity index (χ0n) is 14.5. The van der Waals surface area contributed by atoms with Crippen LogP contribution in [-0.4, -0.2) is 24.0 Å². The molecular weight excluding hydrogens is 316 g/mol. The number of oxazole rings is 1. The highest BCUT2D eigenvalue weighted by Gasteiger charge is 2.08.